The van der Waals surface area contributed by atoms with Crippen LogP contribution in [0, 0.1) is 25.2 Å². The Morgan fingerprint density at radius 1 is 1.21 bits per heavy atom. The van der Waals surface area contributed by atoms with Crippen LogP contribution in [0.3, 0.4) is 0 Å². The van der Waals surface area contributed by atoms with Gasteiger partial charge in [0.05, 0.1) is 30.5 Å². The SMILES string of the molecule is Cc1c(C#N)c(NC(=O)COC(=O)Cc2csc(-c3ccccc3)n2)n(Cc2ccco2)c1C. The largest absolute Gasteiger partial charge is 0.467 e. The zero-order valence-electron chi connectivity index (χ0n) is 18.7. The van der Waals surface area contributed by atoms with E-state index in [0.29, 0.717) is 29.4 Å². The fourth-order valence-electron chi connectivity index (χ4n) is 3.50. The fourth-order valence-corrected chi connectivity index (χ4v) is 4.33. The van der Waals surface area contributed by atoms with Gasteiger partial charge in [-0.25, -0.2) is 4.98 Å². The summed E-state index contributed by atoms with van der Waals surface area (Å²) in [6.07, 6.45) is 1.53. The van der Waals surface area contributed by atoms with E-state index < -0.39 is 18.5 Å². The lowest BCUT2D eigenvalue weighted by Gasteiger charge is -2.12. The summed E-state index contributed by atoms with van der Waals surface area (Å²) in [6, 6.07) is 15.4. The standard InChI is InChI=1S/C25H22N4O4S/c1-16-17(2)29(13-20-9-6-10-32-20)24(21(16)12-26)28-22(30)14-33-23(31)11-19-15-34-25(27-19)18-7-4-3-5-8-18/h3-10,15H,11,13-14H2,1-2H3,(H,28,30). The molecule has 4 aromatic rings. The number of aromatic nitrogens is 2. The quantitative estimate of drug-likeness (QED) is 0.378. The number of benzene rings is 1. The molecular weight excluding hydrogens is 452 g/mol. The van der Waals surface area contributed by atoms with Crippen LogP contribution in [0.15, 0.2) is 58.5 Å². The van der Waals surface area contributed by atoms with E-state index in [9.17, 15) is 14.9 Å². The normalized spacial score (nSPS) is 10.6. The highest BCUT2D eigenvalue weighted by Crippen LogP contribution is 2.27. The Balaban J connectivity index is 1.38. The van der Waals surface area contributed by atoms with Gasteiger partial charge in [-0.3, -0.25) is 9.59 Å². The van der Waals surface area contributed by atoms with E-state index >= 15 is 0 Å². The molecule has 0 atom stereocenters. The topological polar surface area (TPSA) is 110 Å². The maximum absolute atomic E-state index is 12.6. The Kier molecular flexibility index (Phi) is 6.90. The molecule has 1 aromatic carbocycles. The summed E-state index contributed by atoms with van der Waals surface area (Å²) in [6.45, 7) is 3.57. The smallest absolute Gasteiger partial charge is 0.312 e. The van der Waals surface area contributed by atoms with Crippen LogP contribution in [-0.2, 0) is 27.3 Å². The van der Waals surface area contributed by atoms with Gasteiger partial charge in [0.25, 0.3) is 5.91 Å². The lowest BCUT2D eigenvalue weighted by atomic mass is 10.2. The van der Waals surface area contributed by atoms with Crippen molar-refractivity contribution in [3.8, 4) is 16.6 Å². The molecule has 4 rings (SSSR count). The number of hydrogen-bond donors (Lipinski definition) is 1. The molecule has 0 unspecified atom stereocenters. The zero-order valence-corrected chi connectivity index (χ0v) is 19.5. The van der Waals surface area contributed by atoms with Crippen LogP contribution >= 0.6 is 11.3 Å². The molecule has 3 heterocycles. The molecule has 1 amide bonds. The van der Waals surface area contributed by atoms with E-state index in [1.807, 2.05) is 50.2 Å². The second-order valence-corrected chi connectivity index (χ2v) is 8.47. The summed E-state index contributed by atoms with van der Waals surface area (Å²) in [5, 5.41) is 14.9. The molecule has 0 fully saturated rings. The highest BCUT2D eigenvalue weighted by atomic mass is 32.1. The maximum atomic E-state index is 12.6. The third kappa shape index (κ3) is 5.08. The number of hydrogen-bond acceptors (Lipinski definition) is 7. The number of nitriles is 1. The van der Waals surface area contributed by atoms with Gasteiger partial charge in [0.1, 0.15) is 22.7 Å². The van der Waals surface area contributed by atoms with Crippen LogP contribution in [0.25, 0.3) is 10.6 Å². The van der Waals surface area contributed by atoms with Crippen LogP contribution in [-0.4, -0.2) is 28.0 Å². The number of esters is 1. The minimum Gasteiger partial charge on any atom is -0.467 e. The van der Waals surface area contributed by atoms with Gasteiger partial charge in [0.2, 0.25) is 0 Å². The molecular formula is C25H22N4O4S. The first-order valence-electron chi connectivity index (χ1n) is 10.5. The summed E-state index contributed by atoms with van der Waals surface area (Å²) in [5.41, 5.74) is 3.51. The second-order valence-electron chi connectivity index (χ2n) is 7.61. The molecule has 0 spiro atoms. The molecule has 0 aliphatic carbocycles. The van der Waals surface area contributed by atoms with Gasteiger partial charge < -0.3 is 19.0 Å². The van der Waals surface area contributed by atoms with Gasteiger partial charge in [-0.15, -0.1) is 11.3 Å². The molecule has 34 heavy (non-hydrogen) atoms. The number of nitrogens with one attached hydrogen (secondary N) is 1. The van der Waals surface area contributed by atoms with Crippen molar-refractivity contribution in [1.29, 1.82) is 5.26 Å². The molecule has 0 saturated heterocycles. The van der Waals surface area contributed by atoms with E-state index in [2.05, 4.69) is 16.4 Å². The van der Waals surface area contributed by atoms with Gasteiger partial charge in [0.15, 0.2) is 6.61 Å². The predicted octanol–water partition coefficient (Wildman–Crippen LogP) is 4.47. The van der Waals surface area contributed by atoms with Crippen molar-refractivity contribution in [3.63, 3.8) is 0 Å². The van der Waals surface area contributed by atoms with Crippen LogP contribution in [0.5, 0.6) is 0 Å². The monoisotopic (exact) mass is 474 g/mol. The summed E-state index contributed by atoms with van der Waals surface area (Å²) < 4.78 is 12.4. The van der Waals surface area contributed by atoms with Crippen LogP contribution in [0.4, 0.5) is 5.82 Å². The number of furan rings is 1. The minimum atomic E-state index is -0.557. The first-order chi connectivity index (χ1) is 16.5. The molecule has 0 saturated carbocycles. The first kappa shape index (κ1) is 23.0. The third-order valence-electron chi connectivity index (χ3n) is 5.36. The number of carbonyl (C=O) groups excluding carboxylic acids is 2. The zero-order chi connectivity index (χ0) is 24.1. The van der Waals surface area contributed by atoms with E-state index in [-0.39, 0.29) is 6.42 Å². The number of anilines is 1. The number of ether oxygens (including phenoxy) is 1. The van der Waals surface area contributed by atoms with Gasteiger partial charge in [-0.05, 0) is 31.5 Å². The van der Waals surface area contributed by atoms with Crippen molar-refractivity contribution in [2.75, 3.05) is 11.9 Å². The number of nitrogens with zero attached hydrogens (tertiary/aromatic N) is 3. The van der Waals surface area contributed by atoms with Gasteiger partial charge >= 0.3 is 5.97 Å². The summed E-state index contributed by atoms with van der Waals surface area (Å²) >= 11 is 1.44. The van der Waals surface area contributed by atoms with Gasteiger partial charge in [-0.2, -0.15) is 5.26 Å². The van der Waals surface area contributed by atoms with Crippen LogP contribution < -0.4 is 5.32 Å². The molecule has 9 heteroatoms. The molecule has 0 radical (unpaired) electrons. The summed E-state index contributed by atoms with van der Waals surface area (Å²) in [5.74, 6) is -0.0604. The molecule has 172 valence electrons. The summed E-state index contributed by atoms with van der Waals surface area (Å²) in [4.78, 5) is 29.3. The van der Waals surface area contributed by atoms with Crippen molar-refractivity contribution in [2.45, 2.75) is 26.8 Å². The van der Waals surface area contributed by atoms with E-state index in [1.165, 1.54) is 11.3 Å². The highest BCUT2D eigenvalue weighted by molar-refractivity contribution is 7.13. The molecule has 0 bridgehead atoms. The number of amides is 1. The Morgan fingerprint density at radius 2 is 2.00 bits per heavy atom. The number of rotatable bonds is 8. The fraction of sp³-hybridized carbons (Fsp3) is 0.200. The van der Waals surface area contributed by atoms with Gasteiger partial charge in [0, 0.05) is 16.6 Å². The average molecular weight is 475 g/mol. The van der Waals surface area contributed by atoms with Crippen molar-refractivity contribution in [1.82, 2.24) is 9.55 Å². The maximum Gasteiger partial charge on any atom is 0.312 e. The minimum absolute atomic E-state index is 0.0346. The van der Waals surface area contributed by atoms with Crippen molar-refractivity contribution >= 4 is 29.0 Å². The molecule has 3 aromatic heterocycles. The van der Waals surface area contributed by atoms with E-state index in [1.54, 1.807) is 22.3 Å². The molecule has 8 nitrogen and oxygen atoms in total. The number of carbonyl (C=O) groups is 2. The van der Waals surface area contributed by atoms with E-state index in [0.717, 1.165) is 21.8 Å². The van der Waals surface area contributed by atoms with Crippen molar-refractivity contribution < 1.29 is 18.7 Å². The Labute approximate surface area is 200 Å². The van der Waals surface area contributed by atoms with Crippen LogP contribution in [0.2, 0.25) is 0 Å². The average Bonchev–Trinajstić information content (AvgIpc) is 3.57. The molecule has 1 N–H and O–H groups in total. The Morgan fingerprint density at radius 3 is 2.71 bits per heavy atom. The lowest BCUT2D eigenvalue weighted by Crippen LogP contribution is -2.23. The van der Waals surface area contributed by atoms with Gasteiger partial charge in [-0.1, -0.05) is 30.3 Å². The molecule has 0 aliphatic rings. The predicted molar refractivity (Wildman–Crippen MR) is 127 cm³/mol. The summed E-state index contributed by atoms with van der Waals surface area (Å²) in [7, 11) is 0. The lowest BCUT2D eigenvalue weighted by molar-refractivity contribution is -0.146. The van der Waals surface area contributed by atoms with E-state index in [4.69, 9.17) is 9.15 Å². The van der Waals surface area contributed by atoms with Crippen LogP contribution in [0.1, 0.15) is 28.3 Å². The van der Waals surface area contributed by atoms with Crippen molar-refractivity contribution in [2.24, 2.45) is 0 Å². The Bertz CT molecular complexity index is 1350. The molecule has 0 aliphatic heterocycles. The Hall–Kier alpha value is -4.16. The number of thiazole rings is 1. The third-order valence-corrected chi connectivity index (χ3v) is 6.30. The second kappa shape index (κ2) is 10.2. The first-order valence-corrected chi connectivity index (χ1v) is 11.4. The van der Waals surface area contributed by atoms with Crippen molar-refractivity contribution in [3.05, 3.63) is 82.4 Å². The highest BCUT2D eigenvalue weighted by Gasteiger charge is 2.21.